The number of benzene rings is 1. The van der Waals surface area contributed by atoms with Crippen LogP contribution in [-0.4, -0.2) is 63.1 Å². The molecule has 4 rings (SSSR count). The summed E-state index contributed by atoms with van der Waals surface area (Å²) in [7, 11) is 0. The molecule has 2 aromatic heterocycles. The van der Waals surface area contributed by atoms with Crippen molar-refractivity contribution in [2.45, 2.75) is 26.3 Å². The molecule has 0 atom stereocenters. The maximum absolute atomic E-state index is 12.8. The third kappa shape index (κ3) is 4.40. The molecule has 1 aromatic carbocycles. The zero-order valence-electron chi connectivity index (χ0n) is 17.0. The highest BCUT2D eigenvalue weighted by Crippen LogP contribution is 2.21. The molecule has 7 nitrogen and oxygen atoms in total. The molecule has 0 saturated carbocycles. The topological polar surface area (TPSA) is 67.4 Å². The Balaban J connectivity index is 1.30. The van der Waals surface area contributed by atoms with E-state index in [1.165, 1.54) is 0 Å². The lowest BCUT2D eigenvalue weighted by Crippen LogP contribution is -2.49. The Labute approximate surface area is 170 Å². The van der Waals surface area contributed by atoms with Crippen LogP contribution in [0.15, 0.2) is 53.3 Å². The van der Waals surface area contributed by atoms with E-state index in [4.69, 9.17) is 4.52 Å². The average Bonchev–Trinajstić information content (AvgIpc) is 3.43. The molecule has 3 heterocycles. The zero-order valence-corrected chi connectivity index (χ0v) is 17.0. The van der Waals surface area contributed by atoms with Crippen molar-refractivity contribution in [2.75, 3.05) is 32.7 Å². The number of aromatic nitrogens is 3. The first kappa shape index (κ1) is 19.4. The minimum absolute atomic E-state index is 0.0627. The van der Waals surface area contributed by atoms with E-state index in [0.29, 0.717) is 30.5 Å². The zero-order chi connectivity index (χ0) is 20.2. The molecule has 1 aliphatic rings. The number of rotatable bonds is 6. The first-order valence-electron chi connectivity index (χ1n) is 10.2. The van der Waals surface area contributed by atoms with Gasteiger partial charge in [-0.1, -0.05) is 49.3 Å². The first-order valence-corrected chi connectivity index (χ1v) is 10.2. The molecule has 1 amide bonds. The van der Waals surface area contributed by atoms with E-state index < -0.39 is 0 Å². The maximum Gasteiger partial charge on any atom is 0.276 e. The van der Waals surface area contributed by atoms with Crippen LogP contribution in [0.5, 0.6) is 0 Å². The third-order valence-electron chi connectivity index (χ3n) is 5.37. The van der Waals surface area contributed by atoms with Crippen LogP contribution in [0.3, 0.4) is 0 Å². The van der Waals surface area contributed by atoms with Crippen molar-refractivity contribution >= 4 is 5.91 Å². The fourth-order valence-electron chi connectivity index (χ4n) is 3.71. The molecule has 152 valence electrons. The van der Waals surface area contributed by atoms with Crippen LogP contribution in [-0.2, 0) is 6.54 Å². The van der Waals surface area contributed by atoms with Crippen LogP contribution in [0, 0.1) is 0 Å². The second-order valence-electron chi connectivity index (χ2n) is 7.71. The van der Waals surface area contributed by atoms with Crippen molar-refractivity contribution < 1.29 is 9.32 Å². The fraction of sp³-hybridized carbons (Fsp3) is 0.409. The standard InChI is InChI=1S/C22H27N5O2/c1-17(2)21-23-8-9-26(21)13-10-25-11-14-27(15-12-25)22(28)19-16-20(29-24-19)18-6-4-3-5-7-18/h3-9,16-17H,10-15H2,1-2H3. The summed E-state index contributed by atoms with van der Waals surface area (Å²) in [5, 5.41) is 3.99. The van der Waals surface area contributed by atoms with Crippen LogP contribution >= 0.6 is 0 Å². The summed E-state index contributed by atoms with van der Waals surface area (Å²) in [5.74, 6) is 2.10. The maximum atomic E-state index is 12.8. The normalized spacial score (nSPS) is 15.2. The SMILES string of the molecule is CC(C)c1nccn1CCN1CCN(C(=O)c2cc(-c3ccccc3)on2)CC1. The largest absolute Gasteiger partial charge is 0.355 e. The molecule has 29 heavy (non-hydrogen) atoms. The monoisotopic (exact) mass is 393 g/mol. The Morgan fingerprint density at radius 3 is 2.59 bits per heavy atom. The highest BCUT2D eigenvalue weighted by molar-refractivity contribution is 5.93. The van der Waals surface area contributed by atoms with Gasteiger partial charge in [0.25, 0.3) is 5.91 Å². The summed E-state index contributed by atoms with van der Waals surface area (Å²) in [6.07, 6.45) is 3.91. The minimum Gasteiger partial charge on any atom is -0.355 e. The molecular formula is C22H27N5O2. The summed E-state index contributed by atoms with van der Waals surface area (Å²) < 4.78 is 7.60. The second-order valence-corrected chi connectivity index (χ2v) is 7.71. The van der Waals surface area contributed by atoms with Crippen LogP contribution in [0.4, 0.5) is 0 Å². The molecule has 0 bridgehead atoms. The van der Waals surface area contributed by atoms with Crippen LogP contribution < -0.4 is 0 Å². The molecular weight excluding hydrogens is 366 g/mol. The number of imidazole rings is 1. The van der Waals surface area contributed by atoms with E-state index in [1.54, 1.807) is 6.07 Å². The predicted molar refractivity (Wildman–Crippen MR) is 111 cm³/mol. The molecule has 0 radical (unpaired) electrons. The van der Waals surface area contributed by atoms with E-state index in [9.17, 15) is 4.79 Å². The van der Waals surface area contributed by atoms with Gasteiger partial charge in [0, 0.05) is 69.2 Å². The Morgan fingerprint density at radius 2 is 1.86 bits per heavy atom. The summed E-state index contributed by atoms with van der Waals surface area (Å²) in [5.41, 5.74) is 1.29. The van der Waals surface area contributed by atoms with Gasteiger partial charge in [-0.2, -0.15) is 0 Å². The van der Waals surface area contributed by atoms with Gasteiger partial charge in [-0.05, 0) is 0 Å². The number of hydrogen-bond donors (Lipinski definition) is 0. The van der Waals surface area contributed by atoms with Gasteiger partial charge in [-0.15, -0.1) is 0 Å². The molecule has 0 unspecified atom stereocenters. The van der Waals surface area contributed by atoms with Crippen molar-refractivity contribution in [1.29, 1.82) is 0 Å². The lowest BCUT2D eigenvalue weighted by molar-refractivity contribution is 0.0623. The molecule has 7 heteroatoms. The summed E-state index contributed by atoms with van der Waals surface area (Å²) in [6, 6.07) is 11.4. The van der Waals surface area contributed by atoms with E-state index in [0.717, 1.165) is 37.6 Å². The number of amides is 1. The van der Waals surface area contributed by atoms with Crippen molar-refractivity contribution in [1.82, 2.24) is 24.5 Å². The molecule has 1 saturated heterocycles. The molecule has 1 fully saturated rings. The summed E-state index contributed by atoms with van der Waals surface area (Å²) in [6.45, 7) is 9.33. The van der Waals surface area contributed by atoms with E-state index in [2.05, 4.69) is 33.5 Å². The van der Waals surface area contributed by atoms with Crippen molar-refractivity contribution in [3.63, 3.8) is 0 Å². The number of carbonyl (C=O) groups excluding carboxylic acids is 1. The van der Waals surface area contributed by atoms with Gasteiger partial charge in [0.1, 0.15) is 5.82 Å². The van der Waals surface area contributed by atoms with Crippen molar-refractivity contribution in [3.05, 3.63) is 60.3 Å². The lowest BCUT2D eigenvalue weighted by Gasteiger charge is -2.34. The Kier molecular flexibility index (Phi) is 5.76. The van der Waals surface area contributed by atoms with Gasteiger partial charge in [0.05, 0.1) is 0 Å². The van der Waals surface area contributed by atoms with Crippen molar-refractivity contribution in [3.8, 4) is 11.3 Å². The van der Waals surface area contributed by atoms with E-state index in [1.807, 2.05) is 47.6 Å². The van der Waals surface area contributed by atoms with Crippen LogP contribution in [0.25, 0.3) is 11.3 Å². The molecule has 0 spiro atoms. The third-order valence-corrected chi connectivity index (χ3v) is 5.37. The lowest BCUT2D eigenvalue weighted by atomic mass is 10.1. The molecule has 0 N–H and O–H groups in total. The van der Waals surface area contributed by atoms with E-state index >= 15 is 0 Å². The molecule has 3 aromatic rings. The minimum atomic E-state index is -0.0627. The van der Waals surface area contributed by atoms with Crippen LogP contribution in [0.1, 0.15) is 36.1 Å². The van der Waals surface area contributed by atoms with Gasteiger partial charge in [0.2, 0.25) is 0 Å². The molecule has 0 aliphatic carbocycles. The summed E-state index contributed by atoms with van der Waals surface area (Å²) >= 11 is 0. The number of piperazine rings is 1. The number of nitrogens with zero attached hydrogens (tertiary/aromatic N) is 5. The van der Waals surface area contributed by atoms with Gasteiger partial charge >= 0.3 is 0 Å². The summed E-state index contributed by atoms with van der Waals surface area (Å²) in [4.78, 5) is 21.5. The van der Waals surface area contributed by atoms with Gasteiger partial charge < -0.3 is 14.0 Å². The molecule has 1 aliphatic heterocycles. The highest BCUT2D eigenvalue weighted by atomic mass is 16.5. The van der Waals surface area contributed by atoms with Gasteiger partial charge in [0.15, 0.2) is 11.5 Å². The first-order chi connectivity index (χ1) is 14.1. The number of carbonyl (C=O) groups is 1. The Hall–Kier alpha value is -2.93. The van der Waals surface area contributed by atoms with Gasteiger partial charge in [-0.25, -0.2) is 4.98 Å². The van der Waals surface area contributed by atoms with Crippen molar-refractivity contribution in [2.24, 2.45) is 0 Å². The van der Waals surface area contributed by atoms with Gasteiger partial charge in [-0.3, -0.25) is 9.69 Å². The fourth-order valence-corrected chi connectivity index (χ4v) is 3.71. The second kappa shape index (κ2) is 8.61. The van der Waals surface area contributed by atoms with E-state index in [-0.39, 0.29) is 5.91 Å². The Bertz CT molecular complexity index is 939. The highest BCUT2D eigenvalue weighted by Gasteiger charge is 2.24. The Morgan fingerprint density at radius 1 is 1.10 bits per heavy atom. The predicted octanol–water partition coefficient (Wildman–Crippen LogP) is 3.12. The quantitative estimate of drug-likeness (QED) is 0.644. The number of hydrogen-bond acceptors (Lipinski definition) is 5. The average molecular weight is 393 g/mol. The smallest absolute Gasteiger partial charge is 0.276 e. The van der Waals surface area contributed by atoms with Crippen LogP contribution in [0.2, 0.25) is 0 Å².